The van der Waals surface area contributed by atoms with Gasteiger partial charge in [0.15, 0.2) is 0 Å². The number of anilines is 1. The van der Waals surface area contributed by atoms with Crippen LogP contribution in [0.15, 0.2) is 24.4 Å². The van der Waals surface area contributed by atoms with Crippen molar-refractivity contribution < 1.29 is 4.79 Å². The van der Waals surface area contributed by atoms with Gasteiger partial charge >= 0.3 is 0 Å². The van der Waals surface area contributed by atoms with Crippen molar-refractivity contribution in [1.82, 2.24) is 9.88 Å². The predicted molar refractivity (Wildman–Crippen MR) is 86.3 cm³/mol. The molecule has 2 rings (SSSR count). The van der Waals surface area contributed by atoms with Gasteiger partial charge in [-0.25, -0.2) is 4.98 Å². The number of hydrogen-bond donors (Lipinski definition) is 0. The Labute approximate surface area is 128 Å². The van der Waals surface area contributed by atoms with E-state index in [0.29, 0.717) is 11.9 Å². The van der Waals surface area contributed by atoms with Gasteiger partial charge < -0.3 is 9.80 Å². The molecule has 21 heavy (non-hydrogen) atoms. The summed E-state index contributed by atoms with van der Waals surface area (Å²) >= 11 is 0. The second-order valence-electron chi connectivity index (χ2n) is 6.05. The first kappa shape index (κ1) is 15.8. The number of aromatic nitrogens is 1. The van der Waals surface area contributed by atoms with Crippen LogP contribution in [0.25, 0.3) is 0 Å². The van der Waals surface area contributed by atoms with E-state index in [1.165, 1.54) is 0 Å². The maximum absolute atomic E-state index is 12.4. The minimum atomic E-state index is 0.147. The Bertz CT molecular complexity index is 441. The molecule has 1 aliphatic heterocycles. The monoisotopic (exact) mass is 289 g/mol. The van der Waals surface area contributed by atoms with Gasteiger partial charge in [0.1, 0.15) is 5.82 Å². The smallest absolute Gasteiger partial charge is 0.225 e. The summed E-state index contributed by atoms with van der Waals surface area (Å²) in [6.07, 6.45) is 5.94. The first-order valence-corrected chi connectivity index (χ1v) is 8.06. The van der Waals surface area contributed by atoms with Crippen molar-refractivity contribution in [2.45, 2.75) is 45.6 Å². The number of piperidine rings is 1. The zero-order chi connectivity index (χ0) is 15.2. The van der Waals surface area contributed by atoms with Gasteiger partial charge in [0.05, 0.1) is 0 Å². The Kier molecular flexibility index (Phi) is 5.59. The Morgan fingerprint density at radius 1 is 1.43 bits per heavy atom. The largest absolute Gasteiger partial charge is 0.356 e. The van der Waals surface area contributed by atoms with Crippen LogP contribution in [0.3, 0.4) is 0 Å². The number of pyridine rings is 1. The molecular formula is C17H27N3O. The Hall–Kier alpha value is -1.58. The molecule has 0 spiro atoms. The van der Waals surface area contributed by atoms with E-state index < -0.39 is 0 Å². The van der Waals surface area contributed by atoms with Crippen molar-refractivity contribution in [3.63, 3.8) is 0 Å². The fourth-order valence-electron chi connectivity index (χ4n) is 3.11. The molecule has 1 amide bonds. The topological polar surface area (TPSA) is 36.4 Å². The standard InChI is InChI=1S/C17H27N3O/c1-4-7-14(2)17(21)19(3)15-9-12-20(13-10-15)16-8-5-6-11-18-16/h5-6,8,11,14-15H,4,7,9-10,12-13H2,1-3H3/t14-/m1/s1. The third-order valence-corrected chi connectivity index (χ3v) is 4.48. The molecule has 4 heteroatoms. The fraction of sp³-hybridized carbons (Fsp3) is 0.647. The highest BCUT2D eigenvalue weighted by atomic mass is 16.2. The molecule has 0 bridgehead atoms. The molecule has 1 atom stereocenters. The Morgan fingerprint density at radius 2 is 2.14 bits per heavy atom. The normalized spacial score (nSPS) is 17.6. The maximum atomic E-state index is 12.4. The van der Waals surface area contributed by atoms with Gasteiger partial charge in [0.25, 0.3) is 0 Å². The molecular weight excluding hydrogens is 262 g/mol. The van der Waals surface area contributed by atoms with E-state index in [-0.39, 0.29) is 5.92 Å². The van der Waals surface area contributed by atoms with Crippen LogP contribution >= 0.6 is 0 Å². The van der Waals surface area contributed by atoms with Crippen molar-refractivity contribution in [3.8, 4) is 0 Å². The summed E-state index contributed by atoms with van der Waals surface area (Å²) in [5, 5.41) is 0. The van der Waals surface area contributed by atoms with Gasteiger partial charge in [-0.15, -0.1) is 0 Å². The minimum Gasteiger partial charge on any atom is -0.356 e. The summed E-state index contributed by atoms with van der Waals surface area (Å²) in [6, 6.07) is 6.39. The van der Waals surface area contributed by atoms with Crippen LogP contribution < -0.4 is 4.90 Å². The second-order valence-corrected chi connectivity index (χ2v) is 6.05. The number of hydrogen-bond acceptors (Lipinski definition) is 3. The van der Waals surface area contributed by atoms with Crippen molar-refractivity contribution in [2.24, 2.45) is 5.92 Å². The predicted octanol–water partition coefficient (Wildman–Crippen LogP) is 2.95. The highest BCUT2D eigenvalue weighted by Gasteiger charge is 2.27. The van der Waals surface area contributed by atoms with Gasteiger partial charge in [-0.1, -0.05) is 26.3 Å². The summed E-state index contributed by atoms with van der Waals surface area (Å²) in [4.78, 5) is 21.1. The lowest BCUT2D eigenvalue weighted by molar-refractivity contribution is -0.136. The van der Waals surface area contributed by atoms with E-state index in [1.807, 2.05) is 37.2 Å². The van der Waals surface area contributed by atoms with Crippen molar-refractivity contribution in [1.29, 1.82) is 0 Å². The molecule has 0 radical (unpaired) electrons. The maximum Gasteiger partial charge on any atom is 0.225 e. The number of rotatable bonds is 5. The number of carbonyl (C=O) groups is 1. The molecule has 1 aromatic rings. The van der Waals surface area contributed by atoms with Crippen molar-refractivity contribution in [2.75, 3.05) is 25.0 Å². The number of nitrogens with zero attached hydrogens (tertiary/aromatic N) is 3. The third-order valence-electron chi connectivity index (χ3n) is 4.48. The molecule has 116 valence electrons. The van der Waals surface area contributed by atoms with Crippen LogP contribution in [-0.4, -0.2) is 42.0 Å². The molecule has 0 aromatic carbocycles. The molecule has 0 N–H and O–H groups in total. The molecule has 0 aliphatic carbocycles. The van der Waals surface area contributed by atoms with Gasteiger partial charge in [0.2, 0.25) is 5.91 Å². The summed E-state index contributed by atoms with van der Waals surface area (Å²) in [5.41, 5.74) is 0. The van der Waals surface area contributed by atoms with Gasteiger partial charge in [-0.3, -0.25) is 4.79 Å². The van der Waals surface area contributed by atoms with Crippen molar-refractivity contribution in [3.05, 3.63) is 24.4 Å². The average molecular weight is 289 g/mol. The minimum absolute atomic E-state index is 0.147. The SMILES string of the molecule is CCC[C@@H](C)C(=O)N(C)C1CCN(c2ccccn2)CC1. The molecule has 2 heterocycles. The van der Waals surface area contributed by atoms with Crippen LogP contribution in [0.5, 0.6) is 0 Å². The van der Waals surface area contributed by atoms with E-state index in [1.54, 1.807) is 0 Å². The van der Waals surface area contributed by atoms with Crippen LogP contribution in [0.2, 0.25) is 0 Å². The van der Waals surface area contributed by atoms with Gasteiger partial charge in [-0.2, -0.15) is 0 Å². The van der Waals surface area contributed by atoms with E-state index >= 15 is 0 Å². The van der Waals surface area contributed by atoms with E-state index in [0.717, 1.165) is 44.6 Å². The summed E-state index contributed by atoms with van der Waals surface area (Å²) in [5.74, 6) is 1.49. The first-order valence-electron chi connectivity index (χ1n) is 8.06. The van der Waals surface area contributed by atoms with Gasteiger partial charge in [0, 0.05) is 38.3 Å². The zero-order valence-electron chi connectivity index (χ0n) is 13.5. The van der Waals surface area contributed by atoms with Crippen LogP contribution in [-0.2, 0) is 4.79 Å². The van der Waals surface area contributed by atoms with Gasteiger partial charge in [-0.05, 0) is 31.4 Å². The Balaban J connectivity index is 1.87. The lowest BCUT2D eigenvalue weighted by Gasteiger charge is -2.38. The first-order chi connectivity index (χ1) is 10.1. The highest BCUT2D eigenvalue weighted by Crippen LogP contribution is 2.21. The highest BCUT2D eigenvalue weighted by molar-refractivity contribution is 5.78. The summed E-state index contributed by atoms with van der Waals surface area (Å²) < 4.78 is 0. The van der Waals surface area contributed by atoms with E-state index in [4.69, 9.17) is 0 Å². The Morgan fingerprint density at radius 3 is 2.71 bits per heavy atom. The number of carbonyl (C=O) groups excluding carboxylic acids is 1. The third kappa shape index (κ3) is 3.96. The summed E-state index contributed by atoms with van der Waals surface area (Å²) in [6.45, 7) is 6.13. The second kappa shape index (κ2) is 7.43. The lowest BCUT2D eigenvalue weighted by atomic mass is 9.99. The van der Waals surface area contributed by atoms with Crippen LogP contribution in [0.1, 0.15) is 39.5 Å². The summed E-state index contributed by atoms with van der Waals surface area (Å²) in [7, 11) is 1.97. The number of amides is 1. The molecule has 1 saturated heterocycles. The van der Waals surface area contributed by atoms with E-state index in [9.17, 15) is 4.79 Å². The molecule has 0 unspecified atom stereocenters. The van der Waals surface area contributed by atoms with Crippen molar-refractivity contribution >= 4 is 11.7 Å². The van der Waals surface area contributed by atoms with E-state index in [2.05, 4.69) is 22.9 Å². The van der Waals surface area contributed by atoms with Crippen LogP contribution in [0.4, 0.5) is 5.82 Å². The lowest BCUT2D eigenvalue weighted by Crippen LogP contribution is -2.47. The molecule has 0 saturated carbocycles. The zero-order valence-corrected chi connectivity index (χ0v) is 13.5. The molecule has 1 fully saturated rings. The molecule has 4 nitrogen and oxygen atoms in total. The molecule has 1 aliphatic rings. The fourth-order valence-corrected chi connectivity index (χ4v) is 3.11. The molecule has 1 aromatic heterocycles. The average Bonchev–Trinajstić information content (AvgIpc) is 2.54. The van der Waals surface area contributed by atoms with Crippen LogP contribution in [0, 0.1) is 5.92 Å². The quantitative estimate of drug-likeness (QED) is 0.836.